The average Bonchev–Trinajstić information content (AvgIpc) is 2.58. The fourth-order valence-corrected chi connectivity index (χ4v) is 3.99. The largest absolute Gasteiger partial charge is 0.497 e. The summed E-state index contributed by atoms with van der Waals surface area (Å²) in [4.78, 5) is 14.5. The van der Waals surface area contributed by atoms with E-state index in [1.54, 1.807) is 37.3 Å². The predicted octanol–water partition coefficient (Wildman–Crippen LogP) is 2.69. The van der Waals surface area contributed by atoms with E-state index >= 15 is 0 Å². The first-order chi connectivity index (χ1) is 12.7. The van der Waals surface area contributed by atoms with Gasteiger partial charge in [0.1, 0.15) is 17.1 Å². The van der Waals surface area contributed by atoms with Gasteiger partial charge in [-0.2, -0.15) is 0 Å². The number of carbonyl (C=O) groups is 1. The van der Waals surface area contributed by atoms with Crippen molar-refractivity contribution in [2.75, 3.05) is 27.4 Å². The number of aliphatic hydroxyl groups is 1. The fraction of sp³-hybridized carbons (Fsp3) is 0.650. The van der Waals surface area contributed by atoms with E-state index in [0.717, 1.165) is 0 Å². The lowest BCUT2D eigenvalue weighted by Gasteiger charge is -2.51. The highest BCUT2D eigenvalue weighted by molar-refractivity contribution is 5.69. The minimum Gasteiger partial charge on any atom is -0.497 e. The number of benzene rings is 1. The summed E-state index contributed by atoms with van der Waals surface area (Å²) < 4.78 is 22.0. The summed E-state index contributed by atoms with van der Waals surface area (Å²) in [5.41, 5.74) is -1.04. The third kappa shape index (κ3) is 3.99. The molecule has 2 unspecified atom stereocenters. The van der Waals surface area contributed by atoms with Crippen LogP contribution in [0.2, 0.25) is 0 Å². The molecule has 0 spiro atoms. The number of hydrogen-bond donors (Lipinski definition) is 1. The normalized spacial score (nSPS) is 27.9. The van der Waals surface area contributed by atoms with Gasteiger partial charge < -0.3 is 24.1 Å². The number of fused-ring (bicyclic) bond motifs is 2. The van der Waals surface area contributed by atoms with Crippen molar-refractivity contribution in [1.82, 2.24) is 4.90 Å². The summed E-state index contributed by atoms with van der Waals surface area (Å²) in [5.74, 6) is 1.25. The van der Waals surface area contributed by atoms with E-state index in [4.69, 9.17) is 18.9 Å². The van der Waals surface area contributed by atoms with E-state index in [-0.39, 0.29) is 18.2 Å². The Bertz CT molecular complexity index is 684. The zero-order valence-electron chi connectivity index (χ0n) is 16.7. The second kappa shape index (κ2) is 7.20. The lowest BCUT2D eigenvalue weighted by molar-refractivity contribution is -0.141. The minimum absolute atomic E-state index is 0.270. The van der Waals surface area contributed by atoms with Crippen LogP contribution in [-0.2, 0) is 15.1 Å². The molecule has 2 bridgehead atoms. The molecule has 2 aliphatic heterocycles. The molecule has 1 aromatic carbocycles. The molecule has 27 heavy (non-hydrogen) atoms. The van der Waals surface area contributed by atoms with Crippen molar-refractivity contribution in [3.8, 4) is 11.5 Å². The number of carbonyl (C=O) groups excluding carboxylic acids is 1. The van der Waals surface area contributed by atoms with Gasteiger partial charge in [0.2, 0.25) is 0 Å². The molecule has 2 saturated heterocycles. The standard InChI is InChI=1S/C20H29NO6/c1-19(2,3)27-18(22)21-13-9-20(23,10-14(21)12-26-11-13)16-8-15(24-4)6-7-17(16)25-5/h6-8,13-14,23H,9-12H2,1-5H3. The number of nitrogens with zero attached hydrogens (tertiary/aromatic N) is 1. The predicted molar refractivity (Wildman–Crippen MR) is 99.1 cm³/mol. The quantitative estimate of drug-likeness (QED) is 0.870. The first-order valence-electron chi connectivity index (χ1n) is 9.21. The average molecular weight is 379 g/mol. The van der Waals surface area contributed by atoms with Crippen LogP contribution in [0.15, 0.2) is 18.2 Å². The second-order valence-corrected chi connectivity index (χ2v) is 8.24. The fourth-order valence-electron chi connectivity index (χ4n) is 3.99. The Morgan fingerprint density at radius 1 is 1.19 bits per heavy atom. The Kier molecular flexibility index (Phi) is 5.27. The number of morpholine rings is 1. The molecule has 2 atom stereocenters. The minimum atomic E-state index is -1.14. The summed E-state index contributed by atoms with van der Waals surface area (Å²) in [6.45, 7) is 6.27. The van der Waals surface area contributed by atoms with Crippen LogP contribution in [-0.4, -0.2) is 61.2 Å². The molecule has 2 fully saturated rings. The molecule has 1 amide bonds. The van der Waals surface area contributed by atoms with Gasteiger partial charge in [-0.1, -0.05) is 0 Å². The Morgan fingerprint density at radius 2 is 1.81 bits per heavy atom. The lowest BCUT2D eigenvalue weighted by atomic mass is 9.76. The number of piperidine rings is 1. The van der Waals surface area contributed by atoms with Gasteiger partial charge >= 0.3 is 6.09 Å². The van der Waals surface area contributed by atoms with Crippen LogP contribution in [0.25, 0.3) is 0 Å². The molecule has 2 aliphatic rings. The zero-order valence-corrected chi connectivity index (χ0v) is 16.7. The van der Waals surface area contributed by atoms with Crippen LogP contribution in [0.1, 0.15) is 39.2 Å². The molecule has 7 nitrogen and oxygen atoms in total. The first-order valence-corrected chi connectivity index (χ1v) is 9.21. The summed E-state index contributed by atoms with van der Waals surface area (Å²) in [7, 11) is 3.16. The molecule has 2 heterocycles. The number of amides is 1. The van der Waals surface area contributed by atoms with Crippen molar-refractivity contribution < 1.29 is 28.8 Å². The summed E-state index contributed by atoms with van der Waals surface area (Å²) >= 11 is 0. The molecule has 150 valence electrons. The van der Waals surface area contributed by atoms with Gasteiger partial charge in [0.05, 0.1) is 45.1 Å². The van der Waals surface area contributed by atoms with Crippen LogP contribution in [0.4, 0.5) is 4.79 Å². The second-order valence-electron chi connectivity index (χ2n) is 8.24. The van der Waals surface area contributed by atoms with Gasteiger partial charge in [-0.25, -0.2) is 4.79 Å². The summed E-state index contributed by atoms with van der Waals surface area (Å²) in [5, 5.41) is 11.5. The molecule has 1 N–H and O–H groups in total. The van der Waals surface area contributed by atoms with Crippen LogP contribution >= 0.6 is 0 Å². The molecular weight excluding hydrogens is 350 g/mol. The Morgan fingerprint density at radius 3 is 2.33 bits per heavy atom. The van der Waals surface area contributed by atoms with E-state index < -0.39 is 11.2 Å². The molecule has 0 aromatic heterocycles. The summed E-state index contributed by atoms with van der Waals surface area (Å²) in [6, 6.07) is 4.85. The van der Waals surface area contributed by atoms with Crippen LogP contribution < -0.4 is 9.47 Å². The smallest absolute Gasteiger partial charge is 0.410 e. The van der Waals surface area contributed by atoms with Crippen molar-refractivity contribution in [3.63, 3.8) is 0 Å². The molecule has 0 radical (unpaired) electrons. The zero-order chi connectivity index (χ0) is 19.8. The van der Waals surface area contributed by atoms with Gasteiger partial charge in [-0.3, -0.25) is 4.90 Å². The molecular formula is C20H29NO6. The Hall–Kier alpha value is -1.99. The third-order valence-electron chi connectivity index (χ3n) is 5.07. The number of hydrogen-bond acceptors (Lipinski definition) is 6. The Labute approximate surface area is 160 Å². The highest BCUT2D eigenvalue weighted by atomic mass is 16.6. The van der Waals surface area contributed by atoms with E-state index in [2.05, 4.69) is 0 Å². The topological polar surface area (TPSA) is 77.5 Å². The maximum atomic E-state index is 12.7. The first kappa shape index (κ1) is 19.8. The maximum Gasteiger partial charge on any atom is 0.410 e. The van der Waals surface area contributed by atoms with Crippen molar-refractivity contribution in [3.05, 3.63) is 23.8 Å². The van der Waals surface area contributed by atoms with Gasteiger partial charge in [-0.05, 0) is 39.0 Å². The molecule has 0 aliphatic carbocycles. The number of rotatable bonds is 3. The van der Waals surface area contributed by atoms with Crippen molar-refractivity contribution in [2.24, 2.45) is 0 Å². The SMILES string of the molecule is COc1ccc(OC)c(C2(O)CC3COCC(C2)N3C(=O)OC(C)(C)C)c1. The van der Waals surface area contributed by atoms with E-state index in [0.29, 0.717) is 43.1 Å². The lowest BCUT2D eigenvalue weighted by Crippen LogP contribution is -2.63. The van der Waals surface area contributed by atoms with Gasteiger partial charge in [-0.15, -0.1) is 0 Å². The molecule has 1 aromatic rings. The van der Waals surface area contributed by atoms with Gasteiger partial charge in [0, 0.05) is 18.4 Å². The van der Waals surface area contributed by atoms with Crippen molar-refractivity contribution in [1.29, 1.82) is 0 Å². The van der Waals surface area contributed by atoms with Crippen molar-refractivity contribution in [2.45, 2.75) is 56.9 Å². The summed E-state index contributed by atoms with van der Waals surface area (Å²) in [6.07, 6.45) is 0.318. The van der Waals surface area contributed by atoms with Crippen LogP contribution in [0, 0.1) is 0 Å². The van der Waals surface area contributed by atoms with Gasteiger partial charge in [0.15, 0.2) is 0 Å². The van der Waals surface area contributed by atoms with E-state index in [9.17, 15) is 9.90 Å². The highest BCUT2D eigenvalue weighted by Gasteiger charge is 2.50. The van der Waals surface area contributed by atoms with Crippen LogP contribution in [0.5, 0.6) is 11.5 Å². The maximum absolute atomic E-state index is 12.7. The van der Waals surface area contributed by atoms with Gasteiger partial charge in [0.25, 0.3) is 0 Å². The third-order valence-corrected chi connectivity index (χ3v) is 5.07. The molecule has 0 saturated carbocycles. The Balaban J connectivity index is 1.91. The van der Waals surface area contributed by atoms with E-state index in [1.807, 2.05) is 20.8 Å². The number of methoxy groups -OCH3 is 2. The van der Waals surface area contributed by atoms with E-state index in [1.165, 1.54) is 0 Å². The molecule has 7 heteroatoms. The highest BCUT2D eigenvalue weighted by Crippen LogP contribution is 2.45. The monoisotopic (exact) mass is 379 g/mol. The number of ether oxygens (including phenoxy) is 4. The van der Waals surface area contributed by atoms with Crippen LogP contribution in [0.3, 0.4) is 0 Å². The molecule has 3 rings (SSSR count). The van der Waals surface area contributed by atoms with Crippen molar-refractivity contribution >= 4 is 6.09 Å².